The molecule has 112 valence electrons. The smallest absolute Gasteiger partial charge is 0.243 e. The first-order valence-corrected chi connectivity index (χ1v) is 8.36. The first kappa shape index (κ1) is 15.3. The highest BCUT2D eigenvalue weighted by atomic mass is 32.2. The third-order valence-corrected chi connectivity index (χ3v) is 5.80. The highest BCUT2D eigenvalue weighted by molar-refractivity contribution is 7.89. The van der Waals surface area contributed by atoms with E-state index in [0.29, 0.717) is 19.0 Å². The average Bonchev–Trinajstić information content (AvgIpc) is 2.44. The molecule has 20 heavy (non-hydrogen) atoms. The summed E-state index contributed by atoms with van der Waals surface area (Å²) < 4.78 is 40.2. The molecule has 6 heteroatoms. The Kier molecular flexibility index (Phi) is 4.34. The highest BCUT2D eigenvalue weighted by Gasteiger charge is 2.30. The number of nitrogens with two attached hydrogens (primary N) is 1. The maximum absolute atomic E-state index is 13.5. The Morgan fingerprint density at radius 2 is 2.15 bits per heavy atom. The van der Waals surface area contributed by atoms with Gasteiger partial charge >= 0.3 is 0 Å². The van der Waals surface area contributed by atoms with Gasteiger partial charge in [-0.15, -0.1) is 0 Å². The molecule has 0 saturated carbocycles. The van der Waals surface area contributed by atoms with Gasteiger partial charge in [0.25, 0.3) is 0 Å². The zero-order valence-electron chi connectivity index (χ0n) is 11.9. The number of rotatable bonds is 3. The zero-order chi connectivity index (χ0) is 14.9. The van der Waals surface area contributed by atoms with E-state index in [-0.39, 0.29) is 16.1 Å². The van der Waals surface area contributed by atoms with Crippen LogP contribution in [0.3, 0.4) is 0 Å². The van der Waals surface area contributed by atoms with Crippen LogP contribution in [-0.2, 0) is 10.0 Å². The van der Waals surface area contributed by atoms with Crippen LogP contribution in [-0.4, -0.2) is 25.8 Å². The van der Waals surface area contributed by atoms with Crippen molar-refractivity contribution in [3.8, 4) is 0 Å². The van der Waals surface area contributed by atoms with Crippen LogP contribution in [0.25, 0.3) is 0 Å². The van der Waals surface area contributed by atoms with Crippen LogP contribution in [0.1, 0.15) is 31.7 Å². The minimum Gasteiger partial charge on any atom is -0.396 e. The number of halogens is 1. The van der Waals surface area contributed by atoms with E-state index in [9.17, 15) is 12.8 Å². The fraction of sp³-hybridized carbons (Fsp3) is 0.571. The molecule has 4 nitrogen and oxygen atoms in total. The van der Waals surface area contributed by atoms with Gasteiger partial charge in [-0.25, -0.2) is 12.8 Å². The third kappa shape index (κ3) is 2.81. The second-order valence-electron chi connectivity index (χ2n) is 5.42. The predicted molar refractivity (Wildman–Crippen MR) is 77.3 cm³/mol. The van der Waals surface area contributed by atoms with Crippen LogP contribution in [0.4, 0.5) is 10.1 Å². The number of hydrogen-bond acceptors (Lipinski definition) is 3. The lowest BCUT2D eigenvalue weighted by Crippen LogP contribution is -2.39. The molecule has 2 N–H and O–H groups in total. The summed E-state index contributed by atoms with van der Waals surface area (Å²) >= 11 is 0. The Morgan fingerprint density at radius 3 is 2.75 bits per heavy atom. The second-order valence-corrected chi connectivity index (χ2v) is 7.36. The fourth-order valence-corrected chi connectivity index (χ4v) is 4.32. The number of sulfonamides is 1. The maximum atomic E-state index is 13.5. The zero-order valence-corrected chi connectivity index (χ0v) is 12.7. The van der Waals surface area contributed by atoms with E-state index in [2.05, 4.69) is 6.92 Å². The Hall–Kier alpha value is -1.14. The topological polar surface area (TPSA) is 63.4 Å². The largest absolute Gasteiger partial charge is 0.396 e. The van der Waals surface area contributed by atoms with Crippen molar-refractivity contribution >= 4 is 15.7 Å². The summed E-state index contributed by atoms with van der Waals surface area (Å²) in [5.41, 5.74) is 5.68. The van der Waals surface area contributed by atoms with Gasteiger partial charge in [-0.2, -0.15) is 4.31 Å². The van der Waals surface area contributed by atoms with Crippen LogP contribution < -0.4 is 5.73 Å². The van der Waals surface area contributed by atoms with Gasteiger partial charge in [-0.3, -0.25) is 0 Å². The van der Waals surface area contributed by atoms with E-state index >= 15 is 0 Å². The van der Waals surface area contributed by atoms with Gasteiger partial charge in [0.15, 0.2) is 0 Å². The molecule has 1 aliphatic heterocycles. The minimum absolute atomic E-state index is 0.0886. The van der Waals surface area contributed by atoms with Gasteiger partial charge in [0, 0.05) is 13.1 Å². The molecule has 0 amide bonds. The van der Waals surface area contributed by atoms with Crippen molar-refractivity contribution < 1.29 is 12.8 Å². The van der Waals surface area contributed by atoms with Crippen molar-refractivity contribution in [3.05, 3.63) is 23.5 Å². The van der Waals surface area contributed by atoms with Crippen molar-refractivity contribution in [2.75, 3.05) is 18.8 Å². The predicted octanol–water partition coefficient (Wildman–Crippen LogP) is 2.53. The van der Waals surface area contributed by atoms with Crippen molar-refractivity contribution in [2.24, 2.45) is 5.92 Å². The lowest BCUT2D eigenvalue weighted by atomic mass is 9.97. The fourth-order valence-electron chi connectivity index (χ4n) is 2.64. The summed E-state index contributed by atoms with van der Waals surface area (Å²) in [6, 6.07) is 2.57. The normalized spacial score (nSPS) is 21.1. The molecule has 0 aromatic heterocycles. The molecular weight excluding hydrogens is 279 g/mol. The molecule has 2 rings (SSSR count). The Balaban J connectivity index is 2.35. The number of piperidine rings is 1. The van der Waals surface area contributed by atoms with E-state index in [0.717, 1.165) is 19.3 Å². The van der Waals surface area contributed by atoms with Crippen molar-refractivity contribution in [1.82, 2.24) is 4.31 Å². The molecule has 0 spiro atoms. The molecule has 1 aliphatic rings. The van der Waals surface area contributed by atoms with Gasteiger partial charge < -0.3 is 5.73 Å². The van der Waals surface area contributed by atoms with Crippen molar-refractivity contribution in [3.63, 3.8) is 0 Å². The molecule has 1 aromatic carbocycles. The summed E-state index contributed by atoms with van der Waals surface area (Å²) in [6.07, 6.45) is 2.90. The van der Waals surface area contributed by atoms with Crippen molar-refractivity contribution in [1.29, 1.82) is 0 Å². The van der Waals surface area contributed by atoms with E-state index < -0.39 is 15.8 Å². The third-order valence-electron chi connectivity index (χ3n) is 3.95. The van der Waals surface area contributed by atoms with Gasteiger partial charge in [0.05, 0.1) is 10.6 Å². The van der Waals surface area contributed by atoms with E-state index in [1.807, 2.05) is 0 Å². The monoisotopic (exact) mass is 300 g/mol. The summed E-state index contributed by atoms with van der Waals surface area (Å²) in [7, 11) is -3.58. The number of benzene rings is 1. The Morgan fingerprint density at radius 1 is 1.45 bits per heavy atom. The number of anilines is 1. The van der Waals surface area contributed by atoms with E-state index in [4.69, 9.17) is 5.73 Å². The van der Waals surface area contributed by atoms with E-state index in [1.165, 1.54) is 23.4 Å². The first-order chi connectivity index (χ1) is 9.36. The standard InChI is InChI=1S/C14H21FN2O2S/c1-3-11-5-4-6-17(9-11)20(18,19)12-7-10(2)14(15)13(16)8-12/h7-8,11H,3-6,9,16H2,1-2H3. The van der Waals surface area contributed by atoms with Gasteiger partial charge in [-0.1, -0.05) is 13.3 Å². The van der Waals surface area contributed by atoms with Crippen LogP contribution in [0.5, 0.6) is 0 Å². The molecule has 1 saturated heterocycles. The van der Waals surface area contributed by atoms with Crippen LogP contribution >= 0.6 is 0 Å². The summed E-state index contributed by atoms with van der Waals surface area (Å²) in [5.74, 6) is -0.147. The molecule has 1 aromatic rings. The number of hydrogen-bond donors (Lipinski definition) is 1. The Bertz CT molecular complexity index is 578. The van der Waals surface area contributed by atoms with Crippen LogP contribution in [0.15, 0.2) is 17.0 Å². The molecule has 1 atom stereocenters. The number of nitrogens with zero attached hydrogens (tertiary/aromatic N) is 1. The molecule has 0 radical (unpaired) electrons. The quantitative estimate of drug-likeness (QED) is 0.872. The molecule has 1 fully saturated rings. The second kappa shape index (κ2) is 5.69. The SMILES string of the molecule is CCC1CCCN(S(=O)(=O)c2cc(C)c(F)c(N)c2)C1. The highest BCUT2D eigenvalue weighted by Crippen LogP contribution is 2.28. The molecule has 0 bridgehead atoms. The molecular formula is C14H21FN2O2S. The summed E-state index contributed by atoms with van der Waals surface area (Å²) in [5, 5.41) is 0. The van der Waals surface area contributed by atoms with Gasteiger partial charge in [0.2, 0.25) is 10.0 Å². The lowest BCUT2D eigenvalue weighted by Gasteiger charge is -2.31. The average molecular weight is 300 g/mol. The maximum Gasteiger partial charge on any atom is 0.243 e. The number of nitrogen functional groups attached to an aromatic ring is 1. The summed E-state index contributed by atoms with van der Waals surface area (Å²) in [6.45, 7) is 4.65. The van der Waals surface area contributed by atoms with Gasteiger partial charge in [-0.05, 0) is 43.4 Å². The van der Waals surface area contributed by atoms with Gasteiger partial charge in [0.1, 0.15) is 5.82 Å². The van der Waals surface area contributed by atoms with Crippen LogP contribution in [0.2, 0.25) is 0 Å². The van der Waals surface area contributed by atoms with Crippen molar-refractivity contribution in [2.45, 2.75) is 38.0 Å². The number of aryl methyl sites for hydroxylation is 1. The van der Waals surface area contributed by atoms with Crippen LogP contribution in [0, 0.1) is 18.7 Å². The minimum atomic E-state index is -3.58. The first-order valence-electron chi connectivity index (χ1n) is 6.92. The lowest BCUT2D eigenvalue weighted by molar-refractivity contribution is 0.261. The Labute approximate surface area is 119 Å². The molecule has 0 aliphatic carbocycles. The summed E-state index contributed by atoms with van der Waals surface area (Å²) in [4.78, 5) is 0.0886. The van der Waals surface area contributed by atoms with E-state index in [1.54, 1.807) is 0 Å². The molecule has 1 unspecified atom stereocenters. The molecule has 1 heterocycles.